The normalized spacial score (nSPS) is 14.3. The van der Waals surface area contributed by atoms with Gasteiger partial charge in [0.25, 0.3) is 11.5 Å². The number of hydrogen-bond acceptors (Lipinski definition) is 4. The molecule has 31 heavy (non-hydrogen) atoms. The summed E-state index contributed by atoms with van der Waals surface area (Å²) in [5.41, 5.74) is 2.66. The molecule has 156 valence electrons. The highest BCUT2D eigenvalue weighted by Crippen LogP contribution is 2.18. The van der Waals surface area contributed by atoms with Crippen LogP contribution in [0.1, 0.15) is 35.2 Å². The summed E-state index contributed by atoms with van der Waals surface area (Å²) in [4.78, 5) is 33.1. The molecule has 3 aromatic heterocycles. The number of likely N-dealkylation sites (tertiary alicyclic amines) is 1. The first-order valence-electron chi connectivity index (χ1n) is 10.5. The lowest BCUT2D eigenvalue weighted by atomic mass is 10.1. The summed E-state index contributed by atoms with van der Waals surface area (Å²) in [5, 5.41) is 9.23. The molecule has 1 N–H and O–H groups in total. The van der Waals surface area contributed by atoms with E-state index in [1.54, 1.807) is 33.9 Å². The fourth-order valence-corrected chi connectivity index (χ4v) is 4.20. The average molecular weight is 413 g/mol. The lowest BCUT2D eigenvalue weighted by Crippen LogP contribution is -2.40. The van der Waals surface area contributed by atoms with Crippen molar-refractivity contribution in [2.75, 3.05) is 13.1 Å². The number of nitrogens with one attached hydrogen (secondary N) is 1. The maximum atomic E-state index is 13.3. The van der Waals surface area contributed by atoms with Gasteiger partial charge in [-0.1, -0.05) is 23.8 Å². The van der Waals surface area contributed by atoms with E-state index in [2.05, 4.69) is 0 Å². The van der Waals surface area contributed by atoms with Crippen molar-refractivity contribution in [2.24, 2.45) is 0 Å². The number of benzene rings is 1. The van der Waals surface area contributed by atoms with Gasteiger partial charge in [-0.2, -0.15) is 0 Å². The van der Waals surface area contributed by atoms with Gasteiger partial charge < -0.3 is 4.90 Å². The monoisotopic (exact) mass is 413 g/mol. The van der Waals surface area contributed by atoms with Crippen LogP contribution in [0.4, 0.5) is 0 Å². The Balaban J connectivity index is 1.85. The number of rotatable bonds is 2. The summed E-state index contributed by atoms with van der Waals surface area (Å²) in [6.45, 7) is 3.34. The van der Waals surface area contributed by atoms with E-state index in [9.17, 15) is 9.59 Å². The number of aryl methyl sites for hydroxylation is 1. The second-order valence-electron chi connectivity index (χ2n) is 8.01. The van der Waals surface area contributed by atoms with E-state index in [-0.39, 0.29) is 22.5 Å². The molecule has 1 aromatic carbocycles. The van der Waals surface area contributed by atoms with E-state index >= 15 is 0 Å². The molecule has 4 aromatic rings. The molecule has 0 bridgehead atoms. The Hall–Kier alpha value is -3.74. The molecule has 7 nitrogen and oxygen atoms in total. The number of carbonyl (C=O) groups is 1. The Labute approximate surface area is 178 Å². The lowest BCUT2D eigenvalue weighted by molar-refractivity contribution is 0.0722. The number of pyridine rings is 2. The minimum atomic E-state index is -0.255. The van der Waals surface area contributed by atoms with Crippen molar-refractivity contribution in [2.45, 2.75) is 26.2 Å². The largest absolute Gasteiger partial charge is 0.339 e. The quantitative estimate of drug-likeness (QED) is 0.513. The Kier molecular flexibility index (Phi) is 4.66. The van der Waals surface area contributed by atoms with Gasteiger partial charge in [-0.05, 0) is 56.5 Å². The number of fused-ring (bicyclic) bond motifs is 2. The average Bonchev–Trinajstić information content (AvgIpc) is 2.80. The predicted octanol–water partition coefficient (Wildman–Crippen LogP) is 3.05. The number of hydrogen-bond donors (Lipinski definition) is 1. The molecule has 1 saturated heterocycles. The molecule has 1 aliphatic heterocycles. The zero-order valence-corrected chi connectivity index (χ0v) is 17.3. The van der Waals surface area contributed by atoms with Gasteiger partial charge in [0.15, 0.2) is 5.65 Å². The van der Waals surface area contributed by atoms with Gasteiger partial charge in [0.2, 0.25) is 0 Å². The molecular weight excluding hydrogens is 390 g/mol. The third-order valence-electron chi connectivity index (χ3n) is 5.89. The van der Waals surface area contributed by atoms with Gasteiger partial charge in [-0.25, -0.2) is 4.98 Å². The molecule has 5 rings (SSSR count). The molecule has 7 heteroatoms. The van der Waals surface area contributed by atoms with Gasteiger partial charge in [-0.15, -0.1) is 0 Å². The number of piperidine rings is 1. The van der Waals surface area contributed by atoms with Crippen molar-refractivity contribution in [3.8, 4) is 5.69 Å². The fourth-order valence-electron chi connectivity index (χ4n) is 4.20. The van der Waals surface area contributed by atoms with Crippen LogP contribution in [0.5, 0.6) is 0 Å². The Bertz CT molecular complexity index is 1430. The Morgan fingerprint density at radius 1 is 1.03 bits per heavy atom. The number of nitrogens with zero attached hydrogens (tertiary/aromatic N) is 4. The first-order chi connectivity index (χ1) is 15.0. The van der Waals surface area contributed by atoms with Gasteiger partial charge in [0.05, 0.1) is 10.9 Å². The molecule has 0 unspecified atom stereocenters. The Morgan fingerprint density at radius 3 is 2.52 bits per heavy atom. The summed E-state index contributed by atoms with van der Waals surface area (Å²) in [7, 11) is 0. The smallest absolute Gasteiger partial charge is 0.267 e. The summed E-state index contributed by atoms with van der Waals surface area (Å²) in [5.74, 6) is -0.204. The molecule has 0 radical (unpaired) electrons. The minimum absolute atomic E-state index is 0.0408. The van der Waals surface area contributed by atoms with E-state index in [4.69, 9.17) is 10.4 Å². The lowest BCUT2D eigenvalue weighted by Gasteiger charge is -2.27. The summed E-state index contributed by atoms with van der Waals surface area (Å²) in [6, 6.07) is 14.6. The standard InChI is InChI=1S/C24H23N5O2/c1-16-8-10-17(11-9-16)29-21(25)18(23(30)27-12-4-2-5-13-27)15-19-22(29)26-20-7-3-6-14-28(20)24(19)31/h3,6-11,14-15,25H,2,4-5,12-13H2,1H3. The zero-order chi connectivity index (χ0) is 21.5. The minimum Gasteiger partial charge on any atom is -0.339 e. The molecule has 1 amide bonds. The second kappa shape index (κ2) is 7.50. The van der Waals surface area contributed by atoms with Crippen LogP contribution in [0.25, 0.3) is 22.4 Å². The molecule has 0 atom stereocenters. The molecule has 0 saturated carbocycles. The van der Waals surface area contributed by atoms with Crippen molar-refractivity contribution in [3.05, 3.63) is 81.7 Å². The second-order valence-corrected chi connectivity index (χ2v) is 8.01. The van der Waals surface area contributed by atoms with E-state index in [0.717, 1.165) is 24.8 Å². The van der Waals surface area contributed by atoms with E-state index in [0.29, 0.717) is 35.5 Å². The first-order valence-corrected chi connectivity index (χ1v) is 10.5. The molecule has 0 spiro atoms. The number of carbonyl (C=O) groups excluding carboxylic acids is 1. The first kappa shape index (κ1) is 19.2. The summed E-state index contributed by atoms with van der Waals surface area (Å²) in [6.07, 6.45) is 4.69. The van der Waals surface area contributed by atoms with Crippen LogP contribution in [0, 0.1) is 12.3 Å². The van der Waals surface area contributed by atoms with Crippen LogP contribution in [0.3, 0.4) is 0 Å². The van der Waals surface area contributed by atoms with Crippen LogP contribution in [0.2, 0.25) is 0 Å². The van der Waals surface area contributed by atoms with Crippen LogP contribution in [-0.4, -0.2) is 37.8 Å². The highest BCUT2D eigenvalue weighted by molar-refractivity contribution is 5.97. The maximum Gasteiger partial charge on any atom is 0.267 e. The van der Waals surface area contributed by atoms with Crippen LogP contribution >= 0.6 is 0 Å². The summed E-state index contributed by atoms with van der Waals surface area (Å²) >= 11 is 0. The summed E-state index contributed by atoms with van der Waals surface area (Å²) < 4.78 is 3.08. The fraction of sp³-hybridized carbons (Fsp3) is 0.250. The molecule has 1 fully saturated rings. The zero-order valence-electron chi connectivity index (χ0n) is 17.3. The van der Waals surface area contributed by atoms with Crippen LogP contribution in [-0.2, 0) is 0 Å². The maximum absolute atomic E-state index is 13.3. The van der Waals surface area contributed by atoms with E-state index < -0.39 is 0 Å². The number of aromatic nitrogens is 3. The van der Waals surface area contributed by atoms with Crippen LogP contribution in [0.15, 0.2) is 59.5 Å². The SMILES string of the molecule is Cc1ccc(-n2c(=N)c(C(=O)N3CCCCC3)cc3c(=O)n4ccccc4nc32)cc1. The molecule has 0 aliphatic carbocycles. The van der Waals surface area contributed by atoms with Gasteiger partial charge in [0, 0.05) is 25.0 Å². The van der Waals surface area contributed by atoms with Crippen LogP contribution < -0.4 is 11.0 Å². The molecule has 1 aliphatic rings. The predicted molar refractivity (Wildman–Crippen MR) is 119 cm³/mol. The Morgan fingerprint density at radius 2 is 1.77 bits per heavy atom. The van der Waals surface area contributed by atoms with Crippen molar-refractivity contribution in [1.82, 2.24) is 18.9 Å². The molecule has 4 heterocycles. The third-order valence-corrected chi connectivity index (χ3v) is 5.89. The molecular formula is C24H23N5O2. The van der Waals surface area contributed by atoms with E-state index in [1.165, 1.54) is 4.40 Å². The topological polar surface area (TPSA) is 83.5 Å². The highest BCUT2D eigenvalue weighted by atomic mass is 16.2. The van der Waals surface area contributed by atoms with Gasteiger partial charge >= 0.3 is 0 Å². The van der Waals surface area contributed by atoms with Crippen molar-refractivity contribution in [1.29, 1.82) is 5.41 Å². The van der Waals surface area contributed by atoms with Gasteiger partial charge in [-0.3, -0.25) is 24.0 Å². The van der Waals surface area contributed by atoms with Gasteiger partial charge in [0.1, 0.15) is 11.1 Å². The van der Waals surface area contributed by atoms with Crippen molar-refractivity contribution >= 4 is 22.6 Å². The van der Waals surface area contributed by atoms with E-state index in [1.807, 2.05) is 37.3 Å². The number of amides is 1. The van der Waals surface area contributed by atoms with Crippen molar-refractivity contribution in [3.63, 3.8) is 0 Å². The third kappa shape index (κ3) is 3.22. The van der Waals surface area contributed by atoms with Crippen molar-refractivity contribution < 1.29 is 4.79 Å². The highest BCUT2D eigenvalue weighted by Gasteiger charge is 2.23.